The van der Waals surface area contributed by atoms with Gasteiger partial charge in [-0.05, 0) is 36.1 Å². The predicted octanol–water partition coefficient (Wildman–Crippen LogP) is 3.71. The Balaban J connectivity index is 1.91. The van der Waals surface area contributed by atoms with Crippen molar-refractivity contribution < 1.29 is 14.6 Å². The molecule has 2 aromatic rings. The number of Topliss-reactive ketones (excluding diaryl/α,β-unsaturated/α-hetero) is 1. The van der Waals surface area contributed by atoms with E-state index in [2.05, 4.69) is 6.92 Å². The molecule has 0 bridgehead atoms. The van der Waals surface area contributed by atoms with Crippen LogP contribution in [0.1, 0.15) is 47.4 Å². The van der Waals surface area contributed by atoms with E-state index in [0.29, 0.717) is 11.3 Å². The minimum atomic E-state index is -1.16. The first-order valence-corrected chi connectivity index (χ1v) is 7.77. The predicted molar refractivity (Wildman–Crippen MR) is 85.2 cm³/mol. The second-order valence-corrected chi connectivity index (χ2v) is 5.69. The van der Waals surface area contributed by atoms with Crippen LogP contribution in [0.25, 0.3) is 0 Å². The minimum Gasteiger partial charge on any atom is -0.482 e. The number of aryl methyl sites for hydroxylation is 1. The monoisotopic (exact) mass is 296 g/mol. The number of hydrogen-bond donors (Lipinski definition) is 1. The van der Waals surface area contributed by atoms with E-state index in [1.54, 1.807) is 0 Å². The molecule has 1 heterocycles. The molecule has 2 aromatic carbocycles. The van der Waals surface area contributed by atoms with E-state index in [1.165, 1.54) is 0 Å². The van der Waals surface area contributed by atoms with Crippen molar-refractivity contribution in [2.75, 3.05) is 0 Å². The highest BCUT2D eigenvalue weighted by molar-refractivity contribution is 6.03. The van der Waals surface area contributed by atoms with Crippen molar-refractivity contribution in [1.82, 2.24) is 0 Å². The molecule has 3 nitrogen and oxygen atoms in total. The lowest BCUT2D eigenvalue weighted by molar-refractivity contribution is 0.0216. The quantitative estimate of drug-likeness (QED) is 0.935. The van der Waals surface area contributed by atoms with Gasteiger partial charge in [-0.3, -0.25) is 4.79 Å². The van der Waals surface area contributed by atoms with E-state index in [9.17, 15) is 9.90 Å². The fraction of sp³-hybridized carbons (Fsp3) is 0.316. The number of rotatable bonds is 4. The first-order valence-electron chi connectivity index (χ1n) is 7.77. The van der Waals surface area contributed by atoms with Gasteiger partial charge >= 0.3 is 0 Å². The van der Waals surface area contributed by atoms with E-state index in [-0.39, 0.29) is 5.78 Å². The molecule has 2 unspecified atom stereocenters. The van der Waals surface area contributed by atoms with E-state index in [4.69, 9.17) is 4.74 Å². The van der Waals surface area contributed by atoms with Gasteiger partial charge in [0.15, 0.2) is 18.0 Å². The van der Waals surface area contributed by atoms with Gasteiger partial charge in [-0.2, -0.15) is 0 Å². The van der Waals surface area contributed by atoms with Gasteiger partial charge in [0.05, 0.1) is 5.56 Å². The molecule has 1 N–H and O–H groups in total. The smallest absolute Gasteiger partial charge is 0.199 e. The Morgan fingerprint density at radius 2 is 1.91 bits per heavy atom. The summed E-state index contributed by atoms with van der Waals surface area (Å²) in [6, 6.07) is 15.1. The third kappa shape index (κ3) is 2.77. The van der Waals surface area contributed by atoms with Crippen LogP contribution in [0.5, 0.6) is 5.75 Å². The Hall–Kier alpha value is -2.13. The Kier molecular flexibility index (Phi) is 4.25. The number of hydrogen-bond acceptors (Lipinski definition) is 3. The van der Waals surface area contributed by atoms with Crippen LogP contribution in [0.4, 0.5) is 0 Å². The molecular weight excluding hydrogens is 276 g/mol. The Morgan fingerprint density at radius 1 is 1.14 bits per heavy atom. The molecule has 0 saturated heterocycles. The normalized spacial score (nSPS) is 20.4. The van der Waals surface area contributed by atoms with Crippen molar-refractivity contribution in [3.05, 3.63) is 65.2 Å². The minimum absolute atomic E-state index is 0.256. The van der Waals surface area contributed by atoms with Crippen molar-refractivity contribution in [2.24, 2.45) is 0 Å². The lowest BCUT2D eigenvalue weighted by Crippen LogP contribution is -2.36. The van der Waals surface area contributed by atoms with E-state index in [1.807, 2.05) is 48.5 Å². The zero-order valence-electron chi connectivity index (χ0n) is 12.7. The average Bonchev–Trinajstić information content (AvgIpc) is 2.57. The molecule has 3 rings (SSSR count). The third-order valence-electron chi connectivity index (χ3n) is 4.07. The molecule has 2 atom stereocenters. The third-order valence-corrected chi connectivity index (χ3v) is 4.07. The Morgan fingerprint density at radius 3 is 2.64 bits per heavy atom. The van der Waals surface area contributed by atoms with Gasteiger partial charge in [-0.25, -0.2) is 0 Å². The molecular formula is C19H20O3. The molecule has 0 radical (unpaired) electrons. The number of ether oxygens (including phenoxy) is 1. The number of unbranched alkanes of at least 4 members (excludes halogenated alkanes) is 1. The van der Waals surface area contributed by atoms with Crippen molar-refractivity contribution >= 4 is 5.78 Å². The van der Waals surface area contributed by atoms with Gasteiger partial charge in [0.2, 0.25) is 0 Å². The molecule has 1 aliphatic heterocycles. The summed E-state index contributed by atoms with van der Waals surface area (Å²) in [5.74, 6) is 0.304. The molecule has 0 saturated carbocycles. The molecule has 0 spiro atoms. The summed E-state index contributed by atoms with van der Waals surface area (Å²) >= 11 is 0. The summed E-state index contributed by atoms with van der Waals surface area (Å²) < 4.78 is 5.89. The topological polar surface area (TPSA) is 46.5 Å². The lowest BCUT2D eigenvalue weighted by Gasteiger charge is -2.30. The largest absolute Gasteiger partial charge is 0.482 e. The van der Waals surface area contributed by atoms with Crippen LogP contribution >= 0.6 is 0 Å². The molecule has 0 fully saturated rings. The maximum Gasteiger partial charge on any atom is 0.199 e. The Labute approximate surface area is 130 Å². The fourth-order valence-corrected chi connectivity index (χ4v) is 2.80. The van der Waals surface area contributed by atoms with E-state index >= 15 is 0 Å². The SMILES string of the molecule is CCCCc1ccc2c(c1)C(=O)C(O)C(c1ccccc1)O2. The highest BCUT2D eigenvalue weighted by Crippen LogP contribution is 2.35. The maximum absolute atomic E-state index is 12.5. The van der Waals surface area contributed by atoms with Crippen LogP contribution in [-0.4, -0.2) is 17.0 Å². The van der Waals surface area contributed by atoms with Crippen LogP contribution in [0.15, 0.2) is 48.5 Å². The number of aliphatic hydroxyl groups excluding tert-OH is 1. The number of benzene rings is 2. The summed E-state index contributed by atoms with van der Waals surface area (Å²) in [5, 5.41) is 10.3. The first kappa shape index (κ1) is 14.8. The molecule has 114 valence electrons. The molecule has 0 amide bonds. The highest BCUT2D eigenvalue weighted by Gasteiger charge is 2.36. The van der Waals surface area contributed by atoms with Gasteiger partial charge in [0.1, 0.15) is 5.75 Å². The average molecular weight is 296 g/mol. The van der Waals surface area contributed by atoms with Gasteiger partial charge < -0.3 is 9.84 Å². The second kappa shape index (κ2) is 6.32. The van der Waals surface area contributed by atoms with Crippen molar-refractivity contribution in [1.29, 1.82) is 0 Å². The van der Waals surface area contributed by atoms with Crippen LogP contribution in [0, 0.1) is 0 Å². The van der Waals surface area contributed by atoms with Crippen LogP contribution in [0.2, 0.25) is 0 Å². The van der Waals surface area contributed by atoms with Crippen molar-refractivity contribution in [2.45, 2.75) is 38.4 Å². The summed E-state index contributed by atoms with van der Waals surface area (Å²) in [4.78, 5) is 12.5. The maximum atomic E-state index is 12.5. The number of carbonyl (C=O) groups is 1. The number of aliphatic hydroxyl groups is 1. The molecule has 0 aliphatic carbocycles. The zero-order valence-corrected chi connectivity index (χ0v) is 12.7. The fourth-order valence-electron chi connectivity index (χ4n) is 2.80. The summed E-state index contributed by atoms with van der Waals surface area (Å²) in [5.41, 5.74) is 2.42. The van der Waals surface area contributed by atoms with E-state index < -0.39 is 12.2 Å². The summed E-state index contributed by atoms with van der Waals surface area (Å²) in [6.45, 7) is 2.14. The van der Waals surface area contributed by atoms with Gasteiger partial charge in [-0.15, -0.1) is 0 Å². The molecule has 1 aliphatic rings. The zero-order chi connectivity index (χ0) is 15.5. The van der Waals surface area contributed by atoms with Crippen molar-refractivity contribution in [3.63, 3.8) is 0 Å². The summed E-state index contributed by atoms with van der Waals surface area (Å²) in [6.07, 6.45) is 1.34. The van der Waals surface area contributed by atoms with Gasteiger partial charge in [0, 0.05) is 0 Å². The first-order chi connectivity index (χ1) is 10.7. The number of ketones is 1. The Bertz CT molecular complexity index is 664. The van der Waals surface area contributed by atoms with Gasteiger partial charge in [0.25, 0.3) is 0 Å². The summed E-state index contributed by atoms with van der Waals surface area (Å²) in [7, 11) is 0. The van der Waals surface area contributed by atoms with Gasteiger partial charge in [-0.1, -0.05) is 49.7 Å². The lowest BCUT2D eigenvalue weighted by atomic mass is 9.92. The van der Waals surface area contributed by atoms with Crippen molar-refractivity contribution in [3.8, 4) is 5.75 Å². The van der Waals surface area contributed by atoms with E-state index in [0.717, 1.165) is 30.4 Å². The second-order valence-electron chi connectivity index (χ2n) is 5.69. The van der Waals surface area contributed by atoms with Crippen LogP contribution in [0.3, 0.4) is 0 Å². The van der Waals surface area contributed by atoms with Crippen LogP contribution in [-0.2, 0) is 6.42 Å². The number of carbonyl (C=O) groups excluding carboxylic acids is 1. The standard InChI is InChI=1S/C19H20O3/c1-2-3-7-13-10-11-16-15(12-13)17(20)18(21)19(22-16)14-8-5-4-6-9-14/h4-6,8-12,18-19,21H,2-3,7H2,1H3. The number of fused-ring (bicyclic) bond motifs is 1. The molecule has 22 heavy (non-hydrogen) atoms. The van der Waals surface area contributed by atoms with Crippen LogP contribution < -0.4 is 4.74 Å². The highest BCUT2D eigenvalue weighted by atomic mass is 16.5. The molecule has 0 aromatic heterocycles. The molecule has 3 heteroatoms.